The fourth-order valence-corrected chi connectivity index (χ4v) is 2.79. The van der Waals surface area contributed by atoms with Crippen LogP contribution in [0.25, 0.3) is 10.2 Å². The molecule has 20 heavy (non-hydrogen) atoms. The maximum absolute atomic E-state index is 5.99. The minimum absolute atomic E-state index is 0.569. The van der Waals surface area contributed by atoms with Crippen molar-refractivity contribution >= 4 is 27.5 Å². The second-order valence-electron chi connectivity index (χ2n) is 4.61. The number of aromatic nitrogens is 2. The van der Waals surface area contributed by atoms with Gasteiger partial charge in [0.1, 0.15) is 10.6 Å². The van der Waals surface area contributed by atoms with Gasteiger partial charge in [0.2, 0.25) is 11.8 Å². The number of benzene rings is 1. The lowest BCUT2D eigenvalue weighted by molar-refractivity contribution is 0.465. The lowest BCUT2D eigenvalue weighted by Gasteiger charge is -2.10. The van der Waals surface area contributed by atoms with E-state index in [2.05, 4.69) is 28.3 Å². The molecule has 5 heteroatoms. The van der Waals surface area contributed by atoms with Crippen LogP contribution < -0.4 is 10.1 Å². The van der Waals surface area contributed by atoms with E-state index in [4.69, 9.17) is 4.74 Å². The van der Waals surface area contributed by atoms with E-state index in [-0.39, 0.29) is 0 Å². The van der Waals surface area contributed by atoms with Crippen LogP contribution in [0.5, 0.6) is 11.6 Å². The predicted octanol–water partition coefficient (Wildman–Crippen LogP) is 4.14. The first kappa shape index (κ1) is 12.9. The van der Waals surface area contributed by atoms with E-state index in [0.29, 0.717) is 11.8 Å². The van der Waals surface area contributed by atoms with Gasteiger partial charge in [0.15, 0.2) is 0 Å². The highest BCUT2D eigenvalue weighted by molar-refractivity contribution is 7.16. The van der Waals surface area contributed by atoms with Crippen molar-refractivity contribution in [3.8, 4) is 11.6 Å². The molecule has 0 aliphatic rings. The normalized spacial score (nSPS) is 10.8. The van der Waals surface area contributed by atoms with Crippen LogP contribution in [0.4, 0.5) is 5.95 Å². The SMILES string of the molecule is CNc1nc(Oc2ccc(C)cc2C)c2ccsc2n1. The van der Waals surface area contributed by atoms with Gasteiger partial charge in [-0.3, -0.25) is 0 Å². The molecule has 4 nitrogen and oxygen atoms in total. The van der Waals surface area contributed by atoms with Crippen LogP contribution in [-0.4, -0.2) is 17.0 Å². The Balaban J connectivity index is 2.07. The summed E-state index contributed by atoms with van der Waals surface area (Å²) in [5.74, 6) is 1.98. The fraction of sp³-hybridized carbons (Fsp3) is 0.200. The van der Waals surface area contributed by atoms with Gasteiger partial charge in [-0.05, 0) is 36.9 Å². The highest BCUT2D eigenvalue weighted by Crippen LogP contribution is 2.32. The van der Waals surface area contributed by atoms with Gasteiger partial charge in [0, 0.05) is 7.05 Å². The summed E-state index contributed by atoms with van der Waals surface area (Å²) in [4.78, 5) is 9.74. The van der Waals surface area contributed by atoms with E-state index in [9.17, 15) is 0 Å². The second kappa shape index (κ2) is 5.09. The summed E-state index contributed by atoms with van der Waals surface area (Å²) in [6.07, 6.45) is 0. The average Bonchev–Trinajstić information content (AvgIpc) is 2.90. The highest BCUT2D eigenvalue weighted by Gasteiger charge is 2.11. The summed E-state index contributed by atoms with van der Waals surface area (Å²) < 4.78 is 5.99. The molecule has 0 radical (unpaired) electrons. The van der Waals surface area contributed by atoms with Gasteiger partial charge >= 0.3 is 0 Å². The van der Waals surface area contributed by atoms with Crippen LogP contribution >= 0.6 is 11.3 Å². The minimum Gasteiger partial charge on any atom is -0.438 e. The smallest absolute Gasteiger partial charge is 0.232 e. The Morgan fingerprint density at radius 1 is 1.15 bits per heavy atom. The number of fused-ring (bicyclic) bond motifs is 1. The molecule has 0 unspecified atom stereocenters. The molecule has 0 bridgehead atoms. The number of hydrogen-bond acceptors (Lipinski definition) is 5. The van der Waals surface area contributed by atoms with Gasteiger partial charge in [-0.25, -0.2) is 4.98 Å². The van der Waals surface area contributed by atoms with Crippen molar-refractivity contribution in [2.24, 2.45) is 0 Å². The zero-order valence-corrected chi connectivity index (χ0v) is 12.4. The number of ether oxygens (including phenoxy) is 1. The minimum atomic E-state index is 0.569. The van der Waals surface area contributed by atoms with E-state index in [1.165, 1.54) is 5.56 Å². The number of aryl methyl sites for hydroxylation is 2. The first-order valence-corrected chi connectivity index (χ1v) is 7.23. The summed E-state index contributed by atoms with van der Waals surface area (Å²) in [6, 6.07) is 8.09. The zero-order valence-electron chi connectivity index (χ0n) is 11.6. The Kier molecular flexibility index (Phi) is 3.28. The van der Waals surface area contributed by atoms with Crippen LogP contribution in [0.3, 0.4) is 0 Å². The Morgan fingerprint density at radius 2 is 2.00 bits per heavy atom. The van der Waals surface area contributed by atoms with Gasteiger partial charge in [-0.15, -0.1) is 11.3 Å². The van der Waals surface area contributed by atoms with E-state index in [1.54, 1.807) is 18.4 Å². The van der Waals surface area contributed by atoms with Crippen LogP contribution in [0.1, 0.15) is 11.1 Å². The standard InChI is InChI=1S/C15H15N3OS/c1-9-4-5-12(10(2)8-9)19-13-11-6-7-20-14(11)18-15(16-3)17-13/h4-8H,1-3H3,(H,16,17,18). The third-order valence-electron chi connectivity index (χ3n) is 3.05. The predicted molar refractivity (Wildman–Crippen MR) is 83.0 cm³/mol. The molecule has 2 heterocycles. The van der Waals surface area contributed by atoms with Crippen molar-refractivity contribution in [2.45, 2.75) is 13.8 Å². The quantitative estimate of drug-likeness (QED) is 0.785. The molecule has 0 fully saturated rings. The van der Waals surface area contributed by atoms with Crippen molar-refractivity contribution in [3.63, 3.8) is 0 Å². The van der Waals surface area contributed by atoms with Crippen molar-refractivity contribution in [2.75, 3.05) is 12.4 Å². The third kappa shape index (κ3) is 2.32. The first-order valence-electron chi connectivity index (χ1n) is 6.35. The number of anilines is 1. The van der Waals surface area contributed by atoms with Crippen molar-refractivity contribution in [1.82, 2.24) is 9.97 Å². The van der Waals surface area contributed by atoms with E-state index in [0.717, 1.165) is 21.5 Å². The maximum atomic E-state index is 5.99. The van der Waals surface area contributed by atoms with Gasteiger partial charge in [-0.1, -0.05) is 17.7 Å². The van der Waals surface area contributed by atoms with Gasteiger partial charge in [0.25, 0.3) is 0 Å². The van der Waals surface area contributed by atoms with Crippen molar-refractivity contribution in [3.05, 3.63) is 40.8 Å². The molecule has 0 saturated carbocycles. The molecular weight excluding hydrogens is 270 g/mol. The molecule has 102 valence electrons. The number of rotatable bonds is 3. The molecule has 3 rings (SSSR count). The summed E-state index contributed by atoms with van der Waals surface area (Å²) in [5, 5.41) is 5.90. The summed E-state index contributed by atoms with van der Waals surface area (Å²) in [5.41, 5.74) is 2.31. The molecule has 2 aromatic heterocycles. The largest absolute Gasteiger partial charge is 0.438 e. The summed E-state index contributed by atoms with van der Waals surface area (Å²) in [7, 11) is 1.80. The Labute approximate surface area is 121 Å². The number of nitrogens with one attached hydrogen (secondary N) is 1. The number of thiophene rings is 1. The molecule has 0 aliphatic carbocycles. The lowest BCUT2D eigenvalue weighted by atomic mass is 10.1. The monoisotopic (exact) mass is 285 g/mol. The maximum Gasteiger partial charge on any atom is 0.232 e. The van der Waals surface area contributed by atoms with Crippen LogP contribution in [0.15, 0.2) is 29.6 Å². The summed E-state index contributed by atoms with van der Waals surface area (Å²) >= 11 is 1.58. The lowest BCUT2D eigenvalue weighted by Crippen LogP contribution is -1.99. The van der Waals surface area contributed by atoms with Gasteiger partial charge < -0.3 is 10.1 Å². The second-order valence-corrected chi connectivity index (χ2v) is 5.51. The number of nitrogens with zero attached hydrogens (tertiary/aromatic N) is 2. The number of hydrogen-bond donors (Lipinski definition) is 1. The van der Waals surface area contributed by atoms with Crippen LogP contribution in [0, 0.1) is 13.8 Å². The van der Waals surface area contributed by atoms with E-state index >= 15 is 0 Å². The molecule has 3 aromatic rings. The molecule has 0 atom stereocenters. The van der Waals surface area contributed by atoms with Gasteiger partial charge in [0.05, 0.1) is 5.39 Å². The molecule has 0 spiro atoms. The van der Waals surface area contributed by atoms with Gasteiger partial charge in [-0.2, -0.15) is 4.98 Å². The molecule has 1 aromatic carbocycles. The Hall–Kier alpha value is -2.14. The molecule has 1 N–H and O–H groups in total. The van der Waals surface area contributed by atoms with Crippen LogP contribution in [0.2, 0.25) is 0 Å². The molecular formula is C15H15N3OS. The Bertz CT molecular complexity index is 767. The van der Waals surface area contributed by atoms with Crippen LogP contribution in [-0.2, 0) is 0 Å². The third-order valence-corrected chi connectivity index (χ3v) is 3.86. The molecule has 0 saturated heterocycles. The van der Waals surface area contributed by atoms with Crippen molar-refractivity contribution in [1.29, 1.82) is 0 Å². The highest BCUT2D eigenvalue weighted by atomic mass is 32.1. The van der Waals surface area contributed by atoms with E-state index in [1.807, 2.05) is 30.5 Å². The Morgan fingerprint density at radius 3 is 2.75 bits per heavy atom. The first-order chi connectivity index (χ1) is 9.67. The topological polar surface area (TPSA) is 47.0 Å². The summed E-state index contributed by atoms with van der Waals surface area (Å²) in [6.45, 7) is 4.10. The molecule has 0 aliphatic heterocycles. The fourth-order valence-electron chi connectivity index (χ4n) is 2.04. The zero-order chi connectivity index (χ0) is 14.1. The van der Waals surface area contributed by atoms with E-state index < -0.39 is 0 Å². The van der Waals surface area contributed by atoms with Crippen molar-refractivity contribution < 1.29 is 4.74 Å². The average molecular weight is 285 g/mol. The molecule has 0 amide bonds.